The second kappa shape index (κ2) is 5.45. The standard InChI is InChI=1S/C13H16N4O3S/c1-16-9-13(15-10-16)21(18,19)17-7-5-11(8-17)20-12-4-2-3-6-14-12/h2-4,6,9-11H,5,7-8H2,1H3. The van der Waals surface area contributed by atoms with E-state index in [-0.39, 0.29) is 11.1 Å². The second-order valence-electron chi connectivity index (χ2n) is 4.94. The molecule has 112 valence electrons. The third kappa shape index (κ3) is 2.91. The molecule has 2 aromatic heterocycles. The summed E-state index contributed by atoms with van der Waals surface area (Å²) >= 11 is 0. The van der Waals surface area contributed by atoms with Gasteiger partial charge in [0.05, 0.1) is 12.9 Å². The maximum absolute atomic E-state index is 12.4. The van der Waals surface area contributed by atoms with Crippen molar-refractivity contribution in [3.63, 3.8) is 0 Å². The zero-order valence-electron chi connectivity index (χ0n) is 11.6. The lowest BCUT2D eigenvalue weighted by Gasteiger charge is -2.15. The number of aromatic nitrogens is 3. The van der Waals surface area contributed by atoms with Crippen LogP contribution < -0.4 is 4.74 Å². The first kappa shape index (κ1) is 14.0. The SMILES string of the molecule is Cn1cnc(S(=O)(=O)N2CCC(Oc3ccccn3)C2)c1. The molecule has 0 spiro atoms. The van der Waals surface area contributed by atoms with Crippen LogP contribution in [0.15, 0.2) is 41.9 Å². The Hall–Kier alpha value is -1.93. The largest absolute Gasteiger partial charge is 0.473 e. The fourth-order valence-corrected chi connectivity index (χ4v) is 3.71. The molecule has 1 saturated heterocycles. The van der Waals surface area contributed by atoms with Gasteiger partial charge in [0.25, 0.3) is 10.0 Å². The van der Waals surface area contributed by atoms with Gasteiger partial charge in [-0.2, -0.15) is 4.31 Å². The topological polar surface area (TPSA) is 77.3 Å². The van der Waals surface area contributed by atoms with E-state index in [4.69, 9.17) is 4.74 Å². The summed E-state index contributed by atoms with van der Waals surface area (Å²) in [6, 6.07) is 5.40. The van der Waals surface area contributed by atoms with E-state index in [2.05, 4.69) is 9.97 Å². The quantitative estimate of drug-likeness (QED) is 0.829. The van der Waals surface area contributed by atoms with Gasteiger partial charge in [-0.3, -0.25) is 0 Å². The van der Waals surface area contributed by atoms with Gasteiger partial charge in [0.1, 0.15) is 6.10 Å². The maximum Gasteiger partial charge on any atom is 0.262 e. The molecule has 2 aromatic rings. The molecule has 0 N–H and O–H groups in total. The first-order valence-corrected chi connectivity index (χ1v) is 8.05. The minimum atomic E-state index is -3.54. The number of aryl methyl sites for hydroxylation is 1. The Labute approximate surface area is 123 Å². The third-order valence-electron chi connectivity index (χ3n) is 3.32. The van der Waals surface area contributed by atoms with E-state index < -0.39 is 10.0 Å². The van der Waals surface area contributed by atoms with Crippen molar-refractivity contribution < 1.29 is 13.2 Å². The third-order valence-corrected chi connectivity index (χ3v) is 5.07. The second-order valence-corrected chi connectivity index (χ2v) is 6.82. The van der Waals surface area contributed by atoms with E-state index in [9.17, 15) is 8.42 Å². The van der Waals surface area contributed by atoms with Crippen LogP contribution in [-0.4, -0.2) is 46.5 Å². The van der Waals surface area contributed by atoms with Gasteiger partial charge in [-0.25, -0.2) is 18.4 Å². The smallest absolute Gasteiger partial charge is 0.262 e. The summed E-state index contributed by atoms with van der Waals surface area (Å²) in [7, 11) is -1.80. The summed E-state index contributed by atoms with van der Waals surface area (Å²) in [6.07, 6.45) is 5.08. The minimum absolute atomic E-state index is 0.0727. The first-order chi connectivity index (χ1) is 10.1. The van der Waals surface area contributed by atoms with E-state index >= 15 is 0 Å². The van der Waals surface area contributed by atoms with Gasteiger partial charge >= 0.3 is 0 Å². The number of sulfonamides is 1. The number of ether oxygens (including phenoxy) is 1. The van der Waals surface area contributed by atoms with Crippen LogP contribution in [0.5, 0.6) is 5.88 Å². The molecule has 8 heteroatoms. The Kier molecular flexibility index (Phi) is 3.64. The monoisotopic (exact) mass is 308 g/mol. The predicted octanol–water partition coefficient (Wildman–Crippen LogP) is 0.657. The van der Waals surface area contributed by atoms with Crippen molar-refractivity contribution in [2.75, 3.05) is 13.1 Å². The van der Waals surface area contributed by atoms with Gasteiger partial charge in [-0.15, -0.1) is 0 Å². The molecule has 1 unspecified atom stereocenters. The zero-order valence-corrected chi connectivity index (χ0v) is 12.4. The molecule has 0 saturated carbocycles. The molecule has 0 aromatic carbocycles. The number of imidazole rings is 1. The summed E-state index contributed by atoms with van der Waals surface area (Å²) in [5, 5.41) is 0.0727. The van der Waals surface area contributed by atoms with Crippen molar-refractivity contribution in [1.82, 2.24) is 18.8 Å². The van der Waals surface area contributed by atoms with E-state index in [1.807, 2.05) is 6.07 Å². The van der Waals surface area contributed by atoms with Crippen molar-refractivity contribution in [2.24, 2.45) is 7.05 Å². The highest BCUT2D eigenvalue weighted by Crippen LogP contribution is 2.22. The van der Waals surface area contributed by atoms with Crippen LogP contribution in [-0.2, 0) is 17.1 Å². The molecule has 1 aliphatic rings. The van der Waals surface area contributed by atoms with Gasteiger partial charge in [0, 0.05) is 32.1 Å². The molecule has 1 fully saturated rings. The number of nitrogens with zero attached hydrogens (tertiary/aromatic N) is 4. The molecule has 7 nitrogen and oxygen atoms in total. The molecule has 1 aliphatic heterocycles. The highest BCUT2D eigenvalue weighted by molar-refractivity contribution is 7.89. The van der Waals surface area contributed by atoms with Crippen LogP contribution in [0, 0.1) is 0 Å². The maximum atomic E-state index is 12.4. The molecule has 0 amide bonds. The van der Waals surface area contributed by atoms with Gasteiger partial charge in [-0.05, 0) is 12.5 Å². The average Bonchev–Trinajstić information content (AvgIpc) is 3.10. The molecule has 0 radical (unpaired) electrons. The van der Waals surface area contributed by atoms with Gasteiger partial charge in [0.2, 0.25) is 5.88 Å². The number of pyridine rings is 1. The summed E-state index contributed by atoms with van der Waals surface area (Å²) < 4.78 is 33.6. The van der Waals surface area contributed by atoms with Crippen LogP contribution in [0.4, 0.5) is 0 Å². The molecule has 0 aliphatic carbocycles. The van der Waals surface area contributed by atoms with Crippen LogP contribution in [0.1, 0.15) is 6.42 Å². The van der Waals surface area contributed by atoms with Crippen LogP contribution in [0.25, 0.3) is 0 Å². The molecule has 21 heavy (non-hydrogen) atoms. The molecular weight excluding hydrogens is 292 g/mol. The Balaban J connectivity index is 1.69. The fourth-order valence-electron chi connectivity index (χ4n) is 2.25. The van der Waals surface area contributed by atoms with Crippen molar-refractivity contribution in [3.8, 4) is 5.88 Å². The van der Waals surface area contributed by atoms with Crippen LogP contribution >= 0.6 is 0 Å². The van der Waals surface area contributed by atoms with E-state index in [1.54, 1.807) is 29.9 Å². The summed E-state index contributed by atoms with van der Waals surface area (Å²) in [5.41, 5.74) is 0. The highest BCUT2D eigenvalue weighted by Gasteiger charge is 2.35. The Morgan fingerprint density at radius 1 is 1.33 bits per heavy atom. The highest BCUT2D eigenvalue weighted by atomic mass is 32.2. The predicted molar refractivity (Wildman–Crippen MR) is 75.2 cm³/mol. The average molecular weight is 308 g/mol. The number of rotatable bonds is 4. The van der Waals surface area contributed by atoms with Crippen molar-refractivity contribution in [2.45, 2.75) is 17.6 Å². The lowest BCUT2D eigenvalue weighted by molar-refractivity contribution is 0.207. The van der Waals surface area contributed by atoms with Crippen molar-refractivity contribution in [3.05, 3.63) is 36.9 Å². The molecule has 1 atom stereocenters. The first-order valence-electron chi connectivity index (χ1n) is 6.61. The Morgan fingerprint density at radius 3 is 2.86 bits per heavy atom. The lowest BCUT2D eigenvalue weighted by atomic mass is 10.3. The molecule has 0 bridgehead atoms. The van der Waals surface area contributed by atoms with Crippen LogP contribution in [0.3, 0.4) is 0 Å². The summed E-state index contributed by atoms with van der Waals surface area (Å²) in [5.74, 6) is 0.514. The zero-order chi connectivity index (χ0) is 14.9. The normalized spacial score (nSPS) is 19.8. The summed E-state index contributed by atoms with van der Waals surface area (Å²) in [6.45, 7) is 0.742. The Bertz CT molecular complexity index is 714. The van der Waals surface area contributed by atoms with E-state index in [0.29, 0.717) is 25.4 Å². The molecule has 3 rings (SSSR count). The summed E-state index contributed by atoms with van der Waals surface area (Å²) in [4.78, 5) is 8.01. The van der Waals surface area contributed by atoms with E-state index in [1.165, 1.54) is 16.8 Å². The lowest BCUT2D eigenvalue weighted by Crippen LogP contribution is -2.31. The van der Waals surface area contributed by atoms with Crippen LogP contribution in [0.2, 0.25) is 0 Å². The van der Waals surface area contributed by atoms with Crippen molar-refractivity contribution >= 4 is 10.0 Å². The minimum Gasteiger partial charge on any atom is -0.473 e. The molecular formula is C13H16N4O3S. The number of hydrogen-bond acceptors (Lipinski definition) is 5. The van der Waals surface area contributed by atoms with Gasteiger partial charge in [-0.1, -0.05) is 6.07 Å². The molecule has 3 heterocycles. The van der Waals surface area contributed by atoms with E-state index in [0.717, 1.165) is 0 Å². The van der Waals surface area contributed by atoms with Crippen molar-refractivity contribution in [1.29, 1.82) is 0 Å². The van der Waals surface area contributed by atoms with Gasteiger partial charge in [0.15, 0.2) is 5.03 Å². The number of hydrogen-bond donors (Lipinski definition) is 0. The Morgan fingerprint density at radius 2 is 2.19 bits per heavy atom. The fraction of sp³-hybridized carbons (Fsp3) is 0.385. The van der Waals surface area contributed by atoms with Gasteiger partial charge < -0.3 is 9.30 Å².